The van der Waals surface area contributed by atoms with Crippen molar-refractivity contribution in [3.05, 3.63) is 71.5 Å². The number of aliphatic hydroxyl groups is 1. The van der Waals surface area contributed by atoms with E-state index in [0.29, 0.717) is 11.1 Å². The van der Waals surface area contributed by atoms with Crippen LogP contribution in [0.5, 0.6) is 0 Å². The molecule has 2 rings (SSSR count). The number of hydrogen-bond acceptors (Lipinski definition) is 2. The van der Waals surface area contributed by atoms with Gasteiger partial charge >= 0.3 is 0 Å². The highest BCUT2D eigenvalue weighted by atomic mass is 19.1. The molecule has 2 nitrogen and oxygen atoms in total. The summed E-state index contributed by atoms with van der Waals surface area (Å²) >= 11 is 0. The molecular formula is C15H13FO2. The molecular weight excluding hydrogens is 231 g/mol. The van der Waals surface area contributed by atoms with Crippen molar-refractivity contribution < 1.29 is 14.3 Å². The maximum atomic E-state index is 12.9. The van der Waals surface area contributed by atoms with Crippen LogP contribution in [0.25, 0.3) is 0 Å². The number of hydrogen-bond donors (Lipinski definition) is 1. The molecule has 0 heterocycles. The van der Waals surface area contributed by atoms with Gasteiger partial charge in [-0.1, -0.05) is 42.5 Å². The Morgan fingerprint density at radius 1 is 1.00 bits per heavy atom. The number of Topliss-reactive ketones (excluding diaryl/α,β-unsaturated/α-hetero) is 1. The predicted octanol–water partition coefficient (Wildman–Crippen LogP) is 2.65. The molecule has 1 atom stereocenters. The lowest BCUT2D eigenvalue weighted by atomic mass is 9.83. The third-order valence-corrected chi connectivity index (χ3v) is 2.96. The predicted molar refractivity (Wildman–Crippen MR) is 66.5 cm³/mol. The van der Waals surface area contributed by atoms with Crippen LogP contribution in [0.15, 0.2) is 54.6 Å². The van der Waals surface area contributed by atoms with Gasteiger partial charge in [0.25, 0.3) is 0 Å². The quantitative estimate of drug-likeness (QED) is 0.901. The highest BCUT2D eigenvalue weighted by Gasteiger charge is 2.36. The van der Waals surface area contributed by atoms with Gasteiger partial charge in [0, 0.05) is 0 Å². The monoisotopic (exact) mass is 244 g/mol. The molecule has 0 fully saturated rings. The highest BCUT2D eigenvalue weighted by Crippen LogP contribution is 2.30. The number of carbonyl (C=O) groups excluding carboxylic acids is 1. The summed E-state index contributed by atoms with van der Waals surface area (Å²) in [6, 6.07) is 13.9. The summed E-state index contributed by atoms with van der Waals surface area (Å²) in [6.07, 6.45) is 0. The number of rotatable bonds is 3. The Bertz CT molecular complexity index is 548. The second kappa shape index (κ2) is 4.70. The second-order valence-corrected chi connectivity index (χ2v) is 4.14. The van der Waals surface area contributed by atoms with Gasteiger partial charge in [0.15, 0.2) is 11.4 Å². The van der Waals surface area contributed by atoms with Crippen molar-refractivity contribution in [2.75, 3.05) is 0 Å². The van der Waals surface area contributed by atoms with Crippen molar-refractivity contribution in [1.82, 2.24) is 0 Å². The molecule has 0 aliphatic carbocycles. The Kier molecular flexibility index (Phi) is 3.26. The van der Waals surface area contributed by atoms with Crippen molar-refractivity contribution in [3.8, 4) is 0 Å². The summed E-state index contributed by atoms with van der Waals surface area (Å²) in [6.45, 7) is 1.32. The summed E-state index contributed by atoms with van der Waals surface area (Å²) in [5, 5.41) is 10.7. The Balaban J connectivity index is 2.58. The first-order chi connectivity index (χ1) is 8.55. The van der Waals surface area contributed by atoms with Gasteiger partial charge in [0.05, 0.1) is 0 Å². The number of ketones is 1. The van der Waals surface area contributed by atoms with Gasteiger partial charge in [-0.15, -0.1) is 0 Å². The fraction of sp³-hybridized carbons (Fsp3) is 0.133. The van der Waals surface area contributed by atoms with Crippen molar-refractivity contribution in [2.45, 2.75) is 12.5 Å². The molecule has 0 aromatic heterocycles. The Hall–Kier alpha value is -2.00. The molecule has 92 valence electrons. The smallest absolute Gasteiger partial charge is 0.173 e. The fourth-order valence-corrected chi connectivity index (χ4v) is 1.94. The van der Waals surface area contributed by atoms with Gasteiger partial charge < -0.3 is 5.11 Å². The lowest BCUT2D eigenvalue weighted by molar-refractivity contribution is -0.131. The fourth-order valence-electron chi connectivity index (χ4n) is 1.94. The first-order valence-corrected chi connectivity index (χ1v) is 5.60. The zero-order valence-corrected chi connectivity index (χ0v) is 9.93. The van der Waals surface area contributed by atoms with E-state index in [0.717, 1.165) is 0 Å². The number of halogens is 1. The number of carbonyl (C=O) groups is 1. The Morgan fingerprint density at radius 3 is 2.00 bits per heavy atom. The van der Waals surface area contributed by atoms with Gasteiger partial charge in [-0.3, -0.25) is 4.79 Å². The van der Waals surface area contributed by atoms with Crippen molar-refractivity contribution in [3.63, 3.8) is 0 Å². The van der Waals surface area contributed by atoms with Crippen molar-refractivity contribution in [2.24, 2.45) is 0 Å². The molecule has 18 heavy (non-hydrogen) atoms. The van der Waals surface area contributed by atoms with Gasteiger partial charge in [-0.05, 0) is 30.2 Å². The van der Waals surface area contributed by atoms with Crippen LogP contribution < -0.4 is 0 Å². The number of benzene rings is 2. The highest BCUT2D eigenvalue weighted by molar-refractivity contribution is 5.89. The molecule has 0 aliphatic heterocycles. The minimum absolute atomic E-state index is 0.364. The molecule has 3 heteroatoms. The standard InChI is InChI=1S/C15H13FO2/c1-11(17)15(18,12-5-3-2-4-6-12)13-7-9-14(16)10-8-13/h2-10,18H,1H3/t15-/m0/s1. The van der Waals surface area contributed by atoms with Crippen LogP contribution in [0.2, 0.25) is 0 Å². The molecule has 0 saturated heterocycles. The van der Waals surface area contributed by atoms with Gasteiger partial charge in [0.1, 0.15) is 5.82 Å². The van der Waals surface area contributed by atoms with E-state index in [-0.39, 0.29) is 0 Å². The molecule has 0 bridgehead atoms. The average molecular weight is 244 g/mol. The van der Waals surface area contributed by atoms with E-state index in [1.807, 2.05) is 0 Å². The summed E-state index contributed by atoms with van der Waals surface area (Å²) in [5.74, 6) is -0.807. The molecule has 1 N–H and O–H groups in total. The van der Waals surface area contributed by atoms with Crippen molar-refractivity contribution >= 4 is 5.78 Å². The molecule has 0 aliphatic rings. The van der Waals surface area contributed by atoms with Crippen LogP contribution in [0.4, 0.5) is 4.39 Å². The summed E-state index contributed by atoms with van der Waals surface area (Å²) in [5.41, 5.74) is -0.888. The Labute approximate surface area is 105 Å². The minimum Gasteiger partial charge on any atom is -0.373 e. The van der Waals surface area contributed by atoms with E-state index >= 15 is 0 Å². The molecule has 2 aromatic carbocycles. The lowest BCUT2D eigenvalue weighted by Gasteiger charge is -2.26. The van der Waals surface area contributed by atoms with E-state index in [1.54, 1.807) is 30.3 Å². The topological polar surface area (TPSA) is 37.3 Å². The maximum absolute atomic E-state index is 12.9. The summed E-state index contributed by atoms with van der Waals surface area (Å²) in [7, 11) is 0. The molecule has 0 unspecified atom stereocenters. The zero-order chi connectivity index (χ0) is 13.2. The summed E-state index contributed by atoms with van der Waals surface area (Å²) in [4.78, 5) is 11.8. The average Bonchev–Trinajstić information content (AvgIpc) is 2.39. The van der Waals surface area contributed by atoms with E-state index < -0.39 is 17.2 Å². The lowest BCUT2D eigenvalue weighted by Crippen LogP contribution is -2.35. The third kappa shape index (κ3) is 2.05. The first kappa shape index (κ1) is 12.5. The summed E-state index contributed by atoms with van der Waals surface area (Å²) < 4.78 is 12.9. The molecule has 2 aromatic rings. The maximum Gasteiger partial charge on any atom is 0.173 e. The van der Waals surface area contributed by atoms with Crippen LogP contribution in [0.3, 0.4) is 0 Å². The normalized spacial score (nSPS) is 13.9. The van der Waals surface area contributed by atoms with E-state index in [9.17, 15) is 14.3 Å². The van der Waals surface area contributed by atoms with Gasteiger partial charge in [-0.25, -0.2) is 4.39 Å². The molecule has 0 saturated carbocycles. The largest absolute Gasteiger partial charge is 0.373 e. The Morgan fingerprint density at radius 2 is 1.50 bits per heavy atom. The SMILES string of the molecule is CC(=O)[C@](O)(c1ccccc1)c1ccc(F)cc1. The van der Waals surface area contributed by atoms with Crippen LogP contribution in [-0.4, -0.2) is 10.9 Å². The zero-order valence-electron chi connectivity index (χ0n) is 9.93. The van der Waals surface area contributed by atoms with Gasteiger partial charge in [0.2, 0.25) is 0 Å². The first-order valence-electron chi connectivity index (χ1n) is 5.60. The molecule has 0 amide bonds. The van der Waals surface area contributed by atoms with Crippen LogP contribution in [0.1, 0.15) is 18.1 Å². The van der Waals surface area contributed by atoms with E-state index in [4.69, 9.17) is 0 Å². The third-order valence-electron chi connectivity index (χ3n) is 2.96. The van der Waals surface area contributed by atoms with Crippen LogP contribution >= 0.6 is 0 Å². The van der Waals surface area contributed by atoms with Crippen LogP contribution in [-0.2, 0) is 10.4 Å². The van der Waals surface area contributed by atoms with Crippen molar-refractivity contribution in [1.29, 1.82) is 0 Å². The minimum atomic E-state index is -1.73. The molecule has 0 spiro atoms. The second-order valence-electron chi connectivity index (χ2n) is 4.14. The van der Waals surface area contributed by atoms with E-state index in [1.165, 1.54) is 31.2 Å². The van der Waals surface area contributed by atoms with Gasteiger partial charge in [-0.2, -0.15) is 0 Å². The van der Waals surface area contributed by atoms with Crippen LogP contribution in [0, 0.1) is 5.82 Å². The van der Waals surface area contributed by atoms with E-state index in [2.05, 4.69) is 0 Å². The molecule has 0 radical (unpaired) electrons.